The second kappa shape index (κ2) is 12.7. The molecule has 1 aliphatic carbocycles. The van der Waals surface area contributed by atoms with E-state index in [9.17, 15) is 9.59 Å². The quantitative estimate of drug-likeness (QED) is 0.316. The Morgan fingerprint density at radius 3 is 2.44 bits per heavy atom. The van der Waals surface area contributed by atoms with Crippen LogP contribution in [-0.4, -0.2) is 49.7 Å². The number of rotatable bonds is 13. The molecule has 7 nitrogen and oxygen atoms in total. The van der Waals surface area contributed by atoms with Crippen LogP contribution < -0.4 is 14.2 Å². The highest BCUT2D eigenvalue weighted by Crippen LogP contribution is 2.30. The summed E-state index contributed by atoms with van der Waals surface area (Å²) in [6.07, 6.45) is 5.78. The van der Waals surface area contributed by atoms with E-state index < -0.39 is 5.97 Å². The van der Waals surface area contributed by atoms with E-state index >= 15 is 0 Å². The highest BCUT2D eigenvalue weighted by Gasteiger charge is 2.32. The average molecular weight is 468 g/mol. The van der Waals surface area contributed by atoms with E-state index in [4.69, 9.17) is 18.9 Å². The van der Waals surface area contributed by atoms with Crippen molar-refractivity contribution < 1.29 is 28.5 Å². The summed E-state index contributed by atoms with van der Waals surface area (Å²) >= 11 is 0. The molecule has 0 radical (unpaired) electrons. The molecule has 3 rings (SSSR count). The van der Waals surface area contributed by atoms with Crippen molar-refractivity contribution in [1.29, 1.82) is 0 Å². The first-order valence-electron chi connectivity index (χ1n) is 11.7. The standard InChI is InChI=1S/C27H33NO6/c1-4-16-33-24-14-8-20(17-25(24)32-5-2)9-15-27(30)34-19-26(29)28(22-10-11-22)18-21-6-12-23(31-3)13-7-21/h6-9,12-15,17,22H,4-5,10-11,16,18-19H2,1-3H3/b15-9+. The van der Waals surface area contributed by atoms with Crippen molar-refractivity contribution in [3.63, 3.8) is 0 Å². The predicted molar refractivity (Wildman–Crippen MR) is 130 cm³/mol. The lowest BCUT2D eigenvalue weighted by molar-refractivity contribution is -0.148. The molecule has 0 unspecified atom stereocenters. The van der Waals surface area contributed by atoms with E-state index in [0.717, 1.165) is 36.1 Å². The fourth-order valence-corrected chi connectivity index (χ4v) is 3.39. The van der Waals surface area contributed by atoms with Gasteiger partial charge in [-0.25, -0.2) is 4.79 Å². The molecule has 1 saturated carbocycles. The normalized spacial score (nSPS) is 12.9. The van der Waals surface area contributed by atoms with Crippen LogP contribution >= 0.6 is 0 Å². The second-order valence-corrected chi connectivity index (χ2v) is 8.03. The summed E-state index contributed by atoms with van der Waals surface area (Å²) in [5, 5.41) is 0. The molecule has 7 heteroatoms. The van der Waals surface area contributed by atoms with E-state index in [1.54, 1.807) is 18.1 Å². The SMILES string of the molecule is CCCOc1ccc(/C=C/C(=O)OCC(=O)N(Cc2ccc(OC)cc2)C2CC2)cc1OCC. The van der Waals surface area contributed by atoms with Crippen LogP contribution in [-0.2, 0) is 20.9 Å². The molecule has 1 amide bonds. The van der Waals surface area contributed by atoms with Crippen LogP contribution in [0.4, 0.5) is 0 Å². The number of carbonyl (C=O) groups is 2. The molecule has 1 aliphatic rings. The third-order valence-corrected chi connectivity index (χ3v) is 5.30. The largest absolute Gasteiger partial charge is 0.497 e. The van der Waals surface area contributed by atoms with Gasteiger partial charge in [0.1, 0.15) is 5.75 Å². The molecule has 34 heavy (non-hydrogen) atoms. The number of esters is 1. The molecular formula is C27H33NO6. The number of amides is 1. The number of carbonyl (C=O) groups excluding carboxylic acids is 2. The Labute approximate surface area is 201 Å². The minimum Gasteiger partial charge on any atom is -0.497 e. The lowest BCUT2D eigenvalue weighted by atomic mass is 10.2. The third kappa shape index (κ3) is 7.54. The molecule has 2 aromatic rings. The number of methoxy groups -OCH3 is 1. The lowest BCUT2D eigenvalue weighted by Crippen LogP contribution is -2.35. The van der Waals surface area contributed by atoms with Crippen molar-refractivity contribution in [1.82, 2.24) is 4.90 Å². The van der Waals surface area contributed by atoms with Gasteiger partial charge in [0.2, 0.25) is 0 Å². The highest BCUT2D eigenvalue weighted by atomic mass is 16.5. The second-order valence-electron chi connectivity index (χ2n) is 8.03. The summed E-state index contributed by atoms with van der Waals surface area (Å²) < 4.78 is 21.7. The molecule has 0 aromatic heterocycles. The molecule has 182 valence electrons. The van der Waals surface area contributed by atoms with Gasteiger partial charge >= 0.3 is 5.97 Å². The molecule has 2 aromatic carbocycles. The monoisotopic (exact) mass is 467 g/mol. The van der Waals surface area contributed by atoms with Crippen LogP contribution in [0.25, 0.3) is 6.08 Å². The van der Waals surface area contributed by atoms with Crippen molar-refractivity contribution in [2.75, 3.05) is 26.9 Å². The van der Waals surface area contributed by atoms with Crippen LogP contribution in [0.5, 0.6) is 17.2 Å². The maximum Gasteiger partial charge on any atom is 0.331 e. The van der Waals surface area contributed by atoms with Gasteiger partial charge in [-0.2, -0.15) is 0 Å². The summed E-state index contributed by atoms with van der Waals surface area (Å²) in [5.41, 5.74) is 1.78. The van der Waals surface area contributed by atoms with Crippen LogP contribution in [0.15, 0.2) is 48.5 Å². The first kappa shape index (κ1) is 25.1. The number of benzene rings is 2. The Hall–Kier alpha value is -3.48. The number of ether oxygens (including phenoxy) is 4. The van der Waals surface area contributed by atoms with E-state index in [-0.39, 0.29) is 18.6 Å². The highest BCUT2D eigenvalue weighted by molar-refractivity contribution is 5.89. The third-order valence-electron chi connectivity index (χ3n) is 5.30. The zero-order valence-electron chi connectivity index (χ0n) is 20.1. The van der Waals surface area contributed by atoms with Crippen LogP contribution in [0, 0.1) is 0 Å². The Balaban J connectivity index is 1.54. The van der Waals surface area contributed by atoms with Gasteiger partial charge in [-0.1, -0.05) is 25.1 Å². The van der Waals surface area contributed by atoms with E-state index in [0.29, 0.717) is 31.3 Å². The topological polar surface area (TPSA) is 74.3 Å². The van der Waals surface area contributed by atoms with Crippen molar-refractivity contribution in [2.24, 2.45) is 0 Å². The molecule has 0 N–H and O–H groups in total. The smallest absolute Gasteiger partial charge is 0.331 e. The van der Waals surface area contributed by atoms with Gasteiger partial charge in [0, 0.05) is 18.7 Å². The summed E-state index contributed by atoms with van der Waals surface area (Å²) in [6, 6.07) is 13.3. The fourth-order valence-electron chi connectivity index (χ4n) is 3.39. The Bertz CT molecular complexity index is 981. The maximum atomic E-state index is 12.7. The number of nitrogens with zero attached hydrogens (tertiary/aromatic N) is 1. The van der Waals surface area contributed by atoms with E-state index in [2.05, 4.69) is 0 Å². The lowest BCUT2D eigenvalue weighted by Gasteiger charge is -2.22. The Kier molecular flexibility index (Phi) is 9.38. The zero-order valence-corrected chi connectivity index (χ0v) is 20.1. The minimum absolute atomic E-state index is 0.198. The van der Waals surface area contributed by atoms with Gasteiger partial charge < -0.3 is 23.8 Å². The molecule has 0 saturated heterocycles. The Morgan fingerprint density at radius 2 is 1.79 bits per heavy atom. The van der Waals surface area contributed by atoms with Crippen molar-refractivity contribution in [3.05, 3.63) is 59.7 Å². The molecule has 0 heterocycles. The van der Waals surface area contributed by atoms with Gasteiger partial charge in [0.15, 0.2) is 18.1 Å². The first-order chi connectivity index (χ1) is 16.5. The van der Waals surface area contributed by atoms with Crippen molar-refractivity contribution in [3.8, 4) is 17.2 Å². The van der Waals surface area contributed by atoms with Gasteiger partial charge in [0.25, 0.3) is 5.91 Å². The van der Waals surface area contributed by atoms with Gasteiger partial charge in [-0.05, 0) is 67.7 Å². The van der Waals surface area contributed by atoms with Gasteiger partial charge in [-0.15, -0.1) is 0 Å². The van der Waals surface area contributed by atoms with E-state index in [1.807, 2.05) is 56.3 Å². The minimum atomic E-state index is -0.571. The van der Waals surface area contributed by atoms with Crippen LogP contribution in [0.1, 0.15) is 44.2 Å². The van der Waals surface area contributed by atoms with Crippen molar-refractivity contribution >= 4 is 18.0 Å². The fraction of sp³-hybridized carbons (Fsp3) is 0.407. The van der Waals surface area contributed by atoms with Crippen LogP contribution in [0.2, 0.25) is 0 Å². The molecule has 0 aliphatic heterocycles. The summed E-state index contributed by atoms with van der Waals surface area (Å²) in [4.78, 5) is 26.7. The molecule has 1 fully saturated rings. The van der Waals surface area contributed by atoms with Gasteiger partial charge in [0.05, 0.1) is 20.3 Å². The number of hydrogen-bond acceptors (Lipinski definition) is 6. The van der Waals surface area contributed by atoms with Crippen LogP contribution in [0.3, 0.4) is 0 Å². The summed E-state index contributed by atoms with van der Waals surface area (Å²) in [6.45, 7) is 5.24. The number of hydrogen-bond donors (Lipinski definition) is 0. The summed E-state index contributed by atoms with van der Waals surface area (Å²) in [5.74, 6) is 1.30. The molecular weight excluding hydrogens is 434 g/mol. The van der Waals surface area contributed by atoms with Crippen molar-refractivity contribution in [2.45, 2.75) is 45.7 Å². The van der Waals surface area contributed by atoms with Gasteiger partial charge in [-0.3, -0.25) is 4.79 Å². The van der Waals surface area contributed by atoms with E-state index in [1.165, 1.54) is 6.08 Å². The molecule has 0 bridgehead atoms. The summed E-state index contributed by atoms with van der Waals surface area (Å²) in [7, 11) is 1.62. The first-order valence-corrected chi connectivity index (χ1v) is 11.7. The zero-order chi connectivity index (χ0) is 24.3. The average Bonchev–Trinajstić information content (AvgIpc) is 3.70. The Morgan fingerprint density at radius 1 is 1.03 bits per heavy atom. The predicted octanol–water partition coefficient (Wildman–Crippen LogP) is 4.63. The molecule has 0 atom stereocenters. The molecule has 0 spiro atoms. The maximum absolute atomic E-state index is 12.7.